The first-order chi connectivity index (χ1) is 9.25. The summed E-state index contributed by atoms with van der Waals surface area (Å²) < 4.78 is 2.04. The largest absolute Gasteiger partial charge is 0.478 e. The topological polar surface area (TPSA) is 59.3 Å². The molecule has 4 heteroatoms. The second kappa shape index (κ2) is 4.78. The maximum absolute atomic E-state index is 11.9. The first-order valence-electron chi connectivity index (χ1n) is 6.64. The van der Waals surface area contributed by atoms with E-state index >= 15 is 0 Å². The molecule has 2 aromatic rings. The molecule has 0 atom stereocenters. The van der Waals surface area contributed by atoms with Crippen LogP contribution in [0, 0.1) is 13.8 Å². The standard InChI is InChI=1S/C16H19NO3/c1-8(2)17-7-13(11(5)18)14-10(4)12(16(19)20)6-9(3)15(14)17/h6-8H,1-5H3,(H,19,20). The van der Waals surface area contributed by atoms with Crippen molar-refractivity contribution >= 4 is 22.7 Å². The van der Waals surface area contributed by atoms with Crippen LogP contribution < -0.4 is 0 Å². The van der Waals surface area contributed by atoms with Gasteiger partial charge in [0, 0.05) is 23.2 Å². The van der Waals surface area contributed by atoms with Crippen LogP contribution in [0.25, 0.3) is 10.9 Å². The Morgan fingerprint density at radius 1 is 1.20 bits per heavy atom. The maximum Gasteiger partial charge on any atom is 0.335 e. The lowest BCUT2D eigenvalue weighted by Crippen LogP contribution is -2.04. The van der Waals surface area contributed by atoms with Crippen LogP contribution in [0.3, 0.4) is 0 Å². The summed E-state index contributed by atoms with van der Waals surface area (Å²) in [7, 11) is 0. The van der Waals surface area contributed by atoms with Crippen LogP contribution >= 0.6 is 0 Å². The van der Waals surface area contributed by atoms with E-state index in [-0.39, 0.29) is 17.4 Å². The number of hydrogen-bond acceptors (Lipinski definition) is 2. The molecule has 0 saturated carbocycles. The lowest BCUT2D eigenvalue weighted by molar-refractivity contribution is 0.0696. The number of hydrogen-bond donors (Lipinski definition) is 1. The van der Waals surface area contributed by atoms with Crippen LogP contribution in [0.15, 0.2) is 12.3 Å². The van der Waals surface area contributed by atoms with Crippen LogP contribution in [0.1, 0.15) is 58.7 Å². The Bertz CT molecular complexity index is 723. The molecule has 0 radical (unpaired) electrons. The van der Waals surface area contributed by atoms with Gasteiger partial charge in [0.05, 0.1) is 11.1 Å². The molecule has 20 heavy (non-hydrogen) atoms. The molecule has 0 saturated heterocycles. The molecule has 4 nitrogen and oxygen atoms in total. The lowest BCUT2D eigenvalue weighted by atomic mass is 9.97. The zero-order valence-corrected chi connectivity index (χ0v) is 12.4. The minimum atomic E-state index is -0.959. The van der Waals surface area contributed by atoms with E-state index in [9.17, 15) is 14.7 Å². The number of rotatable bonds is 3. The normalized spacial score (nSPS) is 11.3. The molecule has 1 aromatic heterocycles. The second-order valence-electron chi connectivity index (χ2n) is 5.49. The monoisotopic (exact) mass is 273 g/mol. The zero-order chi connectivity index (χ0) is 15.2. The Kier molecular flexibility index (Phi) is 3.42. The number of carboxylic acids is 1. The van der Waals surface area contributed by atoms with Crippen molar-refractivity contribution in [3.63, 3.8) is 0 Å². The molecule has 1 heterocycles. The SMILES string of the molecule is CC(=O)c1cn(C(C)C)c2c(C)cc(C(=O)O)c(C)c12. The number of fused-ring (bicyclic) bond motifs is 1. The van der Waals surface area contributed by atoms with Crippen LogP contribution in [-0.2, 0) is 0 Å². The summed E-state index contributed by atoms with van der Waals surface area (Å²) in [5, 5.41) is 10.1. The number of aryl methyl sites for hydroxylation is 2. The fraction of sp³-hybridized carbons (Fsp3) is 0.375. The summed E-state index contributed by atoms with van der Waals surface area (Å²) in [6, 6.07) is 1.89. The van der Waals surface area contributed by atoms with E-state index in [1.807, 2.05) is 31.5 Å². The van der Waals surface area contributed by atoms with Gasteiger partial charge in [-0.15, -0.1) is 0 Å². The molecule has 0 fully saturated rings. The number of Topliss-reactive ketones (excluding diaryl/α,β-unsaturated/α-hetero) is 1. The van der Waals surface area contributed by atoms with Gasteiger partial charge in [-0.1, -0.05) is 0 Å². The first-order valence-corrected chi connectivity index (χ1v) is 6.64. The molecule has 1 N–H and O–H groups in total. The van der Waals surface area contributed by atoms with Gasteiger partial charge < -0.3 is 9.67 Å². The molecule has 0 aliphatic heterocycles. The van der Waals surface area contributed by atoms with Gasteiger partial charge >= 0.3 is 5.97 Å². The van der Waals surface area contributed by atoms with Gasteiger partial charge in [0.25, 0.3) is 0 Å². The summed E-state index contributed by atoms with van der Waals surface area (Å²) in [6.07, 6.45) is 1.84. The number of carbonyl (C=O) groups excluding carboxylic acids is 1. The van der Waals surface area contributed by atoms with Gasteiger partial charge in [-0.05, 0) is 51.8 Å². The predicted molar refractivity (Wildman–Crippen MR) is 78.8 cm³/mol. The van der Waals surface area contributed by atoms with Gasteiger partial charge in [0.1, 0.15) is 0 Å². The third kappa shape index (κ3) is 2.01. The molecule has 1 aromatic carbocycles. The van der Waals surface area contributed by atoms with Crippen molar-refractivity contribution in [1.82, 2.24) is 4.57 Å². The van der Waals surface area contributed by atoms with E-state index in [1.54, 1.807) is 13.0 Å². The summed E-state index contributed by atoms with van der Waals surface area (Å²) in [5.41, 5.74) is 3.34. The number of ketones is 1. The Morgan fingerprint density at radius 3 is 2.25 bits per heavy atom. The van der Waals surface area contributed by atoms with Crippen molar-refractivity contribution in [2.24, 2.45) is 0 Å². The summed E-state index contributed by atoms with van der Waals surface area (Å²) in [5.74, 6) is -1.00. The van der Waals surface area contributed by atoms with Gasteiger partial charge in [0.15, 0.2) is 5.78 Å². The van der Waals surface area contributed by atoms with E-state index in [4.69, 9.17) is 0 Å². The Morgan fingerprint density at radius 2 is 1.80 bits per heavy atom. The number of carboxylic acid groups (broad SMARTS) is 1. The average Bonchev–Trinajstić information content (AvgIpc) is 2.74. The third-order valence-electron chi connectivity index (χ3n) is 3.71. The Hall–Kier alpha value is -2.10. The molecule has 0 aliphatic carbocycles. The van der Waals surface area contributed by atoms with Crippen molar-refractivity contribution in [2.45, 2.75) is 40.7 Å². The minimum absolute atomic E-state index is 0.0422. The van der Waals surface area contributed by atoms with Crippen molar-refractivity contribution in [3.05, 3.63) is 34.5 Å². The van der Waals surface area contributed by atoms with Crippen molar-refractivity contribution in [2.75, 3.05) is 0 Å². The van der Waals surface area contributed by atoms with Crippen LogP contribution in [-0.4, -0.2) is 21.4 Å². The average molecular weight is 273 g/mol. The smallest absolute Gasteiger partial charge is 0.335 e. The minimum Gasteiger partial charge on any atom is -0.478 e. The summed E-state index contributed by atoms with van der Waals surface area (Å²) in [4.78, 5) is 23.2. The molecular weight excluding hydrogens is 254 g/mol. The lowest BCUT2D eigenvalue weighted by Gasteiger charge is -2.13. The van der Waals surface area contributed by atoms with E-state index in [0.717, 1.165) is 16.5 Å². The van der Waals surface area contributed by atoms with E-state index < -0.39 is 5.97 Å². The number of carbonyl (C=O) groups is 2. The van der Waals surface area contributed by atoms with E-state index in [2.05, 4.69) is 0 Å². The van der Waals surface area contributed by atoms with E-state index in [1.165, 1.54) is 6.92 Å². The van der Waals surface area contributed by atoms with Gasteiger partial charge in [-0.2, -0.15) is 0 Å². The van der Waals surface area contributed by atoms with Crippen molar-refractivity contribution < 1.29 is 14.7 Å². The molecule has 0 unspecified atom stereocenters. The number of nitrogens with zero attached hydrogens (tertiary/aromatic N) is 1. The fourth-order valence-corrected chi connectivity index (χ4v) is 2.73. The van der Waals surface area contributed by atoms with E-state index in [0.29, 0.717) is 11.1 Å². The number of aromatic carboxylic acids is 1. The van der Waals surface area contributed by atoms with Gasteiger partial charge in [-0.3, -0.25) is 4.79 Å². The zero-order valence-electron chi connectivity index (χ0n) is 12.4. The molecule has 0 aliphatic rings. The number of aromatic nitrogens is 1. The Balaban J connectivity index is 3.02. The predicted octanol–water partition coefficient (Wildman–Crippen LogP) is 3.74. The second-order valence-corrected chi connectivity index (χ2v) is 5.49. The highest BCUT2D eigenvalue weighted by molar-refractivity contribution is 6.11. The molecule has 106 valence electrons. The third-order valence-corrected chi connectivity index (χ3v) is 3.71. The maximum atomic E-state index is 11.9. The van der Waals surface area contributed by atoms with Gasteiger partial charge in [-0.25, -0.2) is 4.79 Å². The summed E-state index contributed by atoms with van der Waals surface area (Å²) >= 11 is 0. The van der Waals surface area contributed by atoms with Crippen molar-refractivity contribution in [3.8, 4) is 0 Å². The van der Waals surface area contributed by atoms with Crippen molar-refractivity contribution in [1.29, 1.82) is 0 Å². The molecule has 0 bridgehead atoms. The molecule has 0 amide bonds. The first kappa shape index (κ1) is 14.3. The number of benzene rings is 1. The van der Waals surface area contributed by atoms with Crippen LogP contribution in [0.2, 0.25) is 0 Å². The quantitative estimate of drug-likeness (QED) is 0.867. The molecular formula is C16H19NO3. The highest BCUT2D eigenvalue weighted by Gasteiger charge is 2.21. The molecule has 2 rings (SSSR count). The van der Waals surface area contributed by atoms with Crippen LogP contribution in [0.4, 0.5) is 0 Å². The fourth-order valence-electron chi connectivity index (χ4n) is 2.73. The Labute approximate surface area is 118 Å². The summed E-state index contributed by atoms with van der Waals surface area (Å²) in [6.45, 7) is 9.26. The highest BCUT2D eigenvalue weighted by atomic mass is 16.4. The van der Waals surface area contributed by atoms with Crippen LogP contribution in [0.5, 0.6) is 0 Å². The van der Waals surface area contributed by atoms with Gasteiger partial charge in [0.2, 0.25) is 0 Å². The highest BCUT2D eigenvalue weighted by Crippen LogP contribution is 2.32. The molecule has 0 spiro atoms.